The molecule has 0 fully saturated rings. The van der Waals surface area contributed by atoms with Crippen LogP contribution < -0.4 is 5.32 Å². The topological polar surface area (TPSA) is 119 Å². The van der Waals surface area contributed by atoms with E-state index in [1.165, 1.54) is 40.2 Å². The van der Waals surface area contributed by atoms with Crippen LogP contribution in [0.2, 0.25) is 5.02 Å². The Hall–Kier alpha value is -4.35. The summed E-state index contributed by atoms with van der Waals surface area (Å²) >= 11 is 7.74. The first-order chi connectivity index (χ1) is 19.2. The van der Waals surface area contributed by atoms with Crippen LogP contribution in [0.5, 0.6) is 0 Å². The van der Waals surface area contributed by atoms with E-state index in [-0.39, 0.29) is 18.0 Å². The molecule has 12 heteroatoms. The minimum atomic E-state index is -1.15. The summed E-state index contributed by atoms with van der Waals surface area (Å²) in [7, 11) is 0. The van der Waals surface area contributed by atoms with Crippen molar-refractivity contribution in [3.63, 3.8) is 0 Å². The van der Waals surface area contributed by atoms with Gasteiger partial charge in [-0.25, -0.2) is 4.39 Å². The molecule has 0 aliphatic carbocycles. The summed E-state index contributed by atoms with van der Waals surface area (Å²) in [4.78, 5) is 39.2. The lowest BCUT2D eigenvalue weighted by atomic mass is 10.0. The van der Waals surface area contributed by atoms with Crippen molar-refractivity contribution in [3.8, 4) is 5.00 Å². The molecule has 0 aliphatic rings. The molecule has 9 nitrogen and oxygen atoms in total. The van der Waals surface area contributed by atoms with E-state index in [2.05, 4.69) is 15.5 Å². The van der Waals surface area contributed by atoms with Gasteiger partial charge < -0.3 is 15.0 Å². The number of carbonyl (C=O) groups excluding carboxylic acids is 2. The van der Waals surface area contributed by atoms with Crippen LogP contribution in [0.25, 0.3) is 15.9 Å². The van der Waals surface area contributed by atoms with Crippen molar-refractivity contribution in [2.75, 3.05) is 0 Å². The van der Waals surface area contributed by atoms with Crippen LogP contribution in [-0.4, -0.2) is 42.1 Å². The summed E-state index contributed by atoms with van der Waals surface area (Å²) in [5, 5.41) is 21.9. The van der Waals surface area contributed by atoms with Gasteiger partial charge in [0.25, 0.3) is 5.91 Å². The van der Waals surface area contributed by atoms with Crippen LogP contribution in [0.3, 0.4) is 0 Å². The van der Waals surface area contributed by atoms with Crippen LogP contribution in [0.4, 0.5) is 4.39 Å². The second kappa shape index (κ2) is 11.0. The van der Waals surface area contributed by atoms with E-state index < -0.39 is 24.2 Å². The molecule has 2 N–H and O–H groups in total. The van der Waals surface area contributed by atoms with Gasteiger partial charge in [0.15, 0.2) is 11.6 Å². The molecule has 0 atom stereocenters. The van der Waals surface area contributed by atoms with E-state index in [0.717, 1.165) is 4.88 Å². The van der Waals surface area contributed by atoms with E-state index in [4.69, 9.17) is 11.6 Å². The third kappa shape index (κ3) is 5.13. The number of hydrogen-bond acceptors (Lipinski definition) is 6. The Morgan fingerprint density at radius 1 is 1.07 bits per heavy atom. The maximum Gasteiger partial charge on any atom is 0.323 e. The molecule has 3 heterocycles. The summed E-state index contributed by atoms with van der Waals surface area (Å²) in [5.41, 5.74) is 1.29. The van der Waals surface area contributed by atoms with Crippen molar-refractivity contribution < 1.29 is 23.9 Å². The molecule has 3 aromatic heterocycles. The van der Waals surface area contributed by atoms with E-state index in [9.17, 15) is 23.9 Å². The van der Waals surface area contributed by atoms with Crippen LogP contribution in [0, 0.1) is 12.7 Å². The smallest absolute Gasteiger partial charge is 0.323 e. The molecule has 5 aromatic rings. The summed E-state index contributed by atoms with van der Waals surface area (Å²) < 4.78 is 16.8. The Kier molecular flexibility index (Phi) is 7.51. The average Bonchev–Trinajstić information content (AvgIpc) is 3.61. The molecular weight excluding hydrogens is 557 g/mol. The number of aromatic nitrogens is 4. The number of carboxylic acid groups (broad SMARTS) is 1. The van der Waals surface area contributed by atoms with Gasteiger partial charge in [-0.05, 0) is 55.8 Å². The highest BCUT2D eigenvalue weighted by atomic mass is 35.5. The largest absolute Gasteiger partial charge is 0.480 e. The normalized spacial score (nSPS) is 11.2. The Labute approximate surface area is 236 Å². The van der Waals surface area contributed by atoms with E-state index in [1.54, 1.807) is 35.8 Å². The number of carbonyl (C=O) groups is 3. The molecule has 5 rings (SSSR count). The van der Waals surface area contributed by atoms with Crippen LogP contribution in [0.1, 0.15) is 49.9 Å². The van der Waals surface area contributed by atoms with Gasteiger partial charge in [0.1, 0.15) is 28.9 Å². The van der Waals surface area contributed by atoms with Crippen molar-refractivity contribution in [1.82, 2.24) is 24.6 Å². The molecule has 0 spiro atoms. The van der Waals surface area contributed by atoms with Crippen molar-refractivity contribution >= 4 is 51.5 Å². The number of nitrogens with zero attached hydrogens (tertiary/aromatic N) is 4. The van der Waals surface area contributed by atoms with Crippen molar-refractivity contribution in [3.05, 3.63) is 98.8 Å². The number of aliphatic carboxylic acids is 1. The maximum absolute atomic E-state index is 13.8. The van der Waals surface area contributed by atoms with Crippen LogP contribution in [0.15, 0.2) is 54.6 Å². The molecule has 1 amide bonds. The quantitative estimate of drug-likeness (QED) is 0.232. The fourth-order valence-electron chi connectivity index (χ4n) is 4.50. The highest BCUT2D eigenvalue weighted by molar-refractivity contribution is 7.15. The SMILES string of the molecule is CCc1cc(C(=O)c2ccccc2Cl)c(-n2c(C)nnc2CNC(=O)c2cc3cc(F)ccc3n2CC(=O)O)s1. The number of thiophene rings is 1. The molecule has 40 heavy (non-hydrogen) atoms. The first-order valence-corrected chi connectivity index (χ1v) is 13.5. The number of aryl methyl sites for hydroxylation is 2. The van der Waals surface area contributed by atoms with Gasteiger partial charge in [-0.1, -0.05) is 30.7 Å². The average molecular weight is 580 g/mol. The summed E-state index contributed by atoms with van der Waals surface area (Å²) in [6.07, 6.45) is 0.704. The van der Waals surface area contributed by atoms with E-state index in [0.29, 0.717) is 50.1 Å². The van der Waals surface area contributed by atoms with Gasteiger partial charge in [-0.15, -0.1) is 21.5 Å². The standard InChI is InChI=1S/C28H23ClFN5O4S/c1-3-18-12-20(26(38)19-6-4-5-7-21(19)29)28(40-18)35-15(2)32-33-24(35)13-31-27(39)23-11-16-10-17(30)8-9-22(16)34(23)14-25(36)37/h4-12H,3,13-14H2,1-2H3,(H,31,39)(H,36,37). The number of carboxylic acids is 1. The summed E-state index contributed by atoms with van der Waals surface area (Å²) in [6, 6.07) is 14.0. The molecule has 0 aliphatic heterocycles. The number of amides is 1. The van der Waals surface area contributed by atoms with Crippen molar-refractivity contribution in [1.29, 1.82) is 0 Å². The zero-order valence-electron chi connectivity index (χ0n) is 21.4. The van der Waals surface area contributed by atoms with Crippen molar-refractivity contribution in [2.24, 2.45) is 0 Å². The zero-order valence-corrected chi connectivity index (χ0v) is 23.0. The Balaban J connectivity index is 1.48. The molecule has 2 aromatic carbocycles. The molecule has 204 valence electrons. The highest BCUT2D eigenvalue weighted by Gasteiger charge is 2.25. The first kappa shape index (κ1) is 27.2. The number of hydrogen-bond donors (Lipinski definition) is 2. The predicted octanol–water partition coefficient (Wildman–Crippen LogP) is 5.19. The van der Waals surface area contributed by atoms with Gasteiger partial charge in [0.05, 0.1) is 17.1 Å². The number of rotatable bonds is 9. The summed E-state index contributed by atoms with van der Waals surface area (Å²) in [5.74, 6) is -1.58. The predicted molar refractivity (Wildman–Crippen MR) is 149 cm³/mol. The number of nitrogens with one attached hydrogen (secondary N) is 1. The highest BCUT2D eigenvalue weighted by Crippen LogP contribution is 2.32. The Morgan fingerprint density at radius 2 is 1.85 bits per heavy atom. The number of fused-ring (bicyclic) bond motifs is 1. The molecule has 0 radical (unpaired) electrons. The Morgan fingerprint density at radius 3 is 2.58 bits per heavy atom. The lowest BCUT2D eigenvalue weighted by molar-refractivity contribution is -0.137. The van der Waals surface area contributed by atoms with E-state index >= 15 is 0 Å². The molecule has 0 bridgehead atoms. The van der Waals surface area contributed by atoms with Gasteiger partial charge in [0, 0.05) is 21.3 Å². The van der Waals surface area contributed by atoms with Gasteiger partial charge in [-0.2, -0.15) is 0 Å². The third-order valence-electron chi connectivity index (χ3n) is 6.37. The van der Waals surface area contributed by atoms with E-state index in [1.807, 2.05) is 13.0 Å². The molecular formula is C28H23ClFN5O4S. The molecule has 0 unspecified atom stereocenters. The van der Waals surface area contributed by atoms with Crippen LogP contribution >= 0.6 is 22.9 Å². The number of ketones is 1. The summed E-state index contributed by atoms with van der Waals surface area (Å²) in [6.45, 7) is 3.19. The number of halogens is 2. The van der Waals surface area contributed by atoms with Gasteiger partial charge >= 0.3 is 5.97 Å². The van der Waals surface area contributed by atoms with Gasteiger partial charge in [-0.3, -0.25) is 19.0 Å². The fourth-order valence-corrected chi connectivity index (χ4v) is 5.88. The third-order valence-corrected chi connectivity index (χ3v) is 7.96. The maximum atomic E-state index is 13.8. The fraction of sp³-hybridized carbons (Fsp3) is 0.179. The molecule has 0 saturated carbocycles. The zero-order chi connectivity index (χ0) is 28.6. The van der Waals surface area contributed by atoms with Gasteiger partial charge in [0.2, 0.25) is 0 Å². The Bertz CT molecular complexity index is 1790. The minimum Gasteiger partial charge on any atom is -0.480 e. The number of benzene rings is 2. The second-order valence-corrected chi connectivity index (χ2v) is 10.5. The minimum absolute atomic E-state index is 0.0600. The molecule has 0 saturated heterocycles. The first-order valence-electron chi connectivity index (χ1n) is 12.3. The van der Waals surface area contributed by atoms with Crippen molar-refractivity contribution in [2.45, 2.75) is 33.4 Å². The van der Waals surface area contributed by atoms with Crippen LogP contribution in [-0.2, 0) is 24.3 Å². The second-order valence-electron chi connectivity index (χ2n) is 8.99. The lowest BCUT2D eigenvalue weighted by Crippen LogP contribution is -2.28. The monoisotopic (exact) mass is 579 g/mol. The lowest BCUT2D eigenvalue weighted by Gasteiger charge is -2.12.